The fourth-order valence-corrected chi connectivity index (χ4v) is 1.09. The monoisotopic (exact) mass is 188 g/mol. The summed E-state index contributed by atoms with van der Waals surface area (Å²) in [6, 6.07) is 0. The first kappa shape index (κ1) is 13.6. The van der Waals surface area contributed by atoms with Gasteiger partial charge in [0.1, 0.15) is 0 Å². The molecular weight excluding hydrogens is 174 g/mol. The van der Waals surface area contributed by atoms with Crippen molar-refractivity contribution in [3.05, 3.63) is 0 Å². The average Bonchev–Trinajstić information content (AvgIpc) is 1.91. The molecule has 0 unspecified atom stereocenters. The average molecular weight is 188 g/mol. The van der Waals surface area contributed by atoms with E-state index in [0.29, 0.717) is 7.18 Å². The molecule has 70 valence electrons. The number of hydrogen-bond donors (Lipinski definition) is 1. The van der Waals surface area contributed by atoms with Gasteiger partial charge in [-0.05, 0) is 13.8 Å². The van der Waals surface area contributed by atoms with E-state index in [0.717, 1.165) is 0 Å². The Balaban J connectivity index is 0. The Morgan fingerprint density at radius 2 is 1.55 bits per heavy atom. The molecule has 0 aromatic rings. The van der Waals surface area contributed by atoms with Gasteiger partial charge >= 0.3 is 7.82 Å². The maximum Gasteiger partial charge on any atom is 0.472 e. The van der Waals surface area contributed by atoms with Crippen LogP contribution in [0.1, 0.15) is 13.8 Å². The largest absolute Gasteiger partial charge is 0.472 e. The van der Waals surface area contributed by atoms with Gasteiger partial charge in [0, 0.05) is 0 Å². The van der Waals surface area contributed by atoms with E-state index in [2.05, 4.69) is 9.05 Å². The Morgan fingerprint density at radius 3 is 1.73 bits per heavy atom. The van der Waals surface area contributed by atoms with Gasteiger partial charge in [-0.15, -0.1) is 0 Å². The van der Waals surface area contributed by atoms with E-state index in [9.17, 15) is 8.96 Å². The summed E-state index contributed by atoms with van der Waals surface area (Å²) in [6.07, 6.45) is 0. The molecule has 0 aliphatic carbocycles. The Hall–Kier alpha value is 0.0400. The van der Waals surface area contributed by atoms with Gasteiger partial charge in [-0.25, -0.2) is 4.57 Å². The molecule has 0 amide bonds. The molecule has 0 saturated heterocycles. The Bertz CT molecular complexity index is 109. The lowest BCUT2D eigenvalue weighted by Crippen LogP contribution is -1.93. The first-order valence-electron chi connectivity index (χ1n) is 3.12. The molecule has 0 aliphatic heterocycles. The highest BCUT2D eigenvalue weighted by molar-refractivity contribution is 7.47. The van der Waals surface area contributed by atoms with Crippen molar-refractivity contribution in [3.63, 3.8) is 0 Å². The van der Waals surface area contributed by atoms with Crippen molar-refractivity contribution >= 4 is 7.82 Å². The van der Waals surface area contributed by atoms with Crippen LogP contribution in [0, 0.1) is 0 Å². The molecule has 0 heterocycles. The van der Waals surface area contributed by atoms with Crippen molar-refractivity contribution in [2.75, 3.05) is 20.4 Å². The maximum absolute atomic E-state index is 10.5. The molecule has 0 saturated carbocycles. The van der Waals surface area contributed by atoms with Gasteiger partial charge in [0.15, 0.2) is 0 Å². The fraction of sp³-hybridized carbons (Fsp3) is 1.00. The SMILES string of the molecule is CCOP(=O)(O)OCC.CF. The predicted molar refractivity (Wildman–Crippen MR) is 40.1 cm³/mol. The van der Waals surface area contributed by atoms with E-state index in [1.807, 2.05) is 0 Å². The maximum atomic E-state index is 10.5. The van der Waals surface area contributed by atoms with Crippen LogP contribution in [0.5, 0.6) is 0 Å². The van der Waals surface area contributed by atoms with Crippen molar-refractivity contribution in [1.82, 2.24) is 0 Å². The van der Waals surface area contributed by atoms with Gasteiger partial charge in [-0.2, -0.15) is 0 Å². The van der Waals surface area contributed by atoms with Crippen LogP contribution < -0.4 is 0 Å². The van der Waals surface area contributed by atoms with Crippen molar-refractivity contribution in [3.8, 4) is 0 Å². The summed E-state index contributed by atoms with van der Waals surface area (Å²) in [5.74, 6) is 0. The van der Waals surface area contributed by atoms with Crippen molar-refractivity contribution in [2.45, 2.75) is 13.8 Å². The zero-order chi connectivity index (χ0) is 9.33. The van der Waals surface area contributed by atoms with E-state index >= 15 is 0 Å². The minimum absolute atomic E-state index is 0.188. The second-order valence-corrected chi connectivity index (χ2v) is 2.76. The third kappa shape index (κ3) is 10.0. The van der Waals surface area contributed by atoms with Crippen LogP contribution in [-0.2, 0) is 13.6 Å². The Labute approximate surface area is 65.9 Å². The van der Waals surface area contributed by atoms with Gasteiger partial charge in [0.25, 0.3) is 0 Å². The number of hydrogen-bond acceptors (Lipinski definition) is 3. The highest BCUT2D eigenvalue weighted by Crippen LogP contribution is 2.42. The van der Waals surface area contributed by atoms with E-state index in [1.54, 1.807) is 13.8 Å². The first-order chi connectivity index (χ1) is 5.12. The van der Waals surface area contributed by atoms with Crippen LogP contribution in [0.4, 0.5) is 4.39 Å². The minimum Gasteiger partial charge on any atom is -0.302 e. The summed E-state index contributed by atoms with van der Waals surface area (Å²) in [7, 11) is -3.19. The molecule has 0 aromatic heterocycles. The highest BCUT2D eigenvalue weighted by Gasteiger charge is 2.17. The predicted octanol–water partition coefficient (Wildman–Crippen LogP) is 1.75. The van der Waals surface area contributed by atoms with E-state index in [-0.39, 0.29) is 13.2 Å². The number of phosphoric ester groups is 1. The quantitative estimate of drug-likeness (QED) is 0.682. The van der Waals surface area contributed by atoms with Gasteiger partial charge in [0.2, 0.25) is 0 Å². The molecule has 4 nitrogen and oxygen atoms in total. The summed E-state index contributed by atoms with van der Waals surface area (Å²) < 4.78 is 28.7. The van der Waals surface area contributed by atoms with Crippen LogP contribution in [-0.4, -0.2) is 25.3 Å². The minimum atomic E-state index is -3.69. The zero-order valence-electron chi connectivity index (χ0n) is 6.91. The van der Waals surface area contributed by atoms with E-state index in [4.69, 9.17) is 4.89 Å². The second kappa shape index (κ2) is 8.14. The molecule has 6 heteroatoms. The lowest BCUT2D eigenvalue weighted by molar-refractivity contribution is 0.161. The van der Waals surface area contributed by atoms with Gasteiger partial charge in [-0.1, -0.05) is 0 Å². The lowest BCUT2D eigenvalue weighted by atomic mass is 10.9. The first-order valence-corrected chi connectivity index (χ1v) is 4.61. The fourth-order valence-electron chi connectivity index (χ4n) is 0.364. The summed E-state index contributed by atoms with van der Waals surface area (Å²) in [4.78, 5) is 8.63. The molecule has 0 bridgehead atoms. The molecule has 0 atom stereocenters. The molecular formula is C5H14FO4P. The smallest absolute Gasteiger partial charge is 0.302 e. The van der Waals surface area contributed by atoms with E-state index in [1.165, 1.54) is 0 Å². The molecule has 0 aliphatic rings. The Kier molecular flexibility index (Phi) is 10.1. The molecule has 0 rings (SSSR count). The van der Waals surface area contributed by atoms with Crippen LogP contribution in [0.2, 0.25) is 0 Å². The topological polar surface area (TPSA) is 55.8 Å². The summed E-state index contributed by atoms with van der Waals surface area (Å²) >= 11 is 0. The summed E-state index contributed by atoms with van der Waals surface area (Å²) in [5.41, 5.74) is 0. The molecule has 11 heavy (non-hydrogen) atoms. The van der Waals surface area contributed by atoms with Gasteiger partial charge in [-0.3, -0.25) is 13.4 Å². The van der Waals surface area contributed by atoms with Crippen molar-refractivity contribution < 1.29 is 22.9 Å². The van der Waals surface area contributed by atoms with Crippen molar-refractivity contribution in [1.29, 1.82) is 0 Å². The highest BCUT2D eigenvalue weighted by atomic mass is 31.2. The van der Waals surface area contributed by atoms with Crippen LogP contribution in [0.25, 0.3) is 0 Å². The van der Waals surface area contributed by atoms with Crippen molar-refractivity contribution in [2.24, 2.45) is 0 Å². The third-order valence-corrected chi connectivity index (χ3v) is 1.75. The molecule has 0 radical (unpaired) electrons. The summed E-state index contributed by atoms with van der Waals surface area (Å²) in [6.45, 7) is 3.63. The van der Waals surface area contributed by atoms with E-state index < -0.39 is 7.82 Å². The number of alkyl halides is 1. The molecule has 1 N–H and O–H groups in total. The zero-order valence-corrected chi connectivity index (χ0v) is 7.81. The van der Waals surface area contributed by atoms with Crippen LogP contribution >= 0.6 is 7.82 Å². The molecule has 0 aromatic carbocycles. The van der Waals surface area contributed by atoms with Gasteiger partial charge < -0.3 is 4.89 Å². The molecule has 0 fully saturated rings. The number of rotatable bonds is 4. The van der Waals surface area contributed by atoms with Crippen LogP contribution in [0.3, 0.4) is 0 Å². The number of phosphoric acid groups is 1. The second-order valence-electron chi connectivity index (χ2n) is 1.30. The number of halogens is 1. The lowest BCUT2D eigenvalue weighted by Gasteiger charge is -2.07. The molecule has 0 spiro atoms. The standard InChI is InChI=1S/C4H11O4P.CH3F/c1-3-7-9(5,6)8-4-2;1-2/h3-4H2,1-2H3,(H,5,6);1H3. The third-order valence-electron chi connectivity index (χ3n) is 0.584. The van der Waals surface area contributed by atoms with Gasteiger partial charge in [0.05, 0.1) is 20.4 Å². The summed E-state index contributed by atoms with van der Waals surface area (Å²) in [5, 5.41) is 0. The van der Waals surface area contributed by atoms with Crippen LogP contribution in [0.15, 0.2) is 0 Å². The Morgan fingerprint density at radius 1 is 1.27 bits per heavy atom. The normalized spacial score (nSPS) is 10.3.